The monoisotopic (exact) mass is 450 g/mol. The highest BCUT2D eigenvalue weighted by Gasteiger charge is 2.24. The Labute approximate surface area is 164 Å². The molecule has 2 fully saturated rings. The lowest BCUT2D eigenvalue weighted by Crippen LogP contribution is -2.45. The third-order valence-electron chi connectivity index (χ3n) is 5.23. The quantitative estimate of drug-likeness (QED) is 0.385. The van der Waals surface area contributed by atoms with E-state index in [1.807, 2.05) is 4.90 Å². The van der Waals surface area contributed by atoms with Gasteiger partial charge >= 0.3 is 0 Å². The Hall–Kier alpha value is -0.530. The Morgan fingerprint density at radius 2 is 1.79 bits per heavy atom. The van der Waals surface area contributed by atoms with Crippen LogP contribution in [0.15, 0.2) is 4.99 Å². The van der Waals surface area contributed by atoms with Crippen molar-refractivity contribution in [3.05, 3.63) is 0 Å². The molecule has 1 amide bonds. The summed E-state index contributed by atoms with van der Waals surface area (Å²) >= 11 is 0. The van der Waals surface area contributed by atoms with Gasteiger partial charge in [-0.3, -0.25) is 4.79 Å². The molecule has 140 valence electrons. The smallest absolute Gasteiger partial charge is 0.244 e. The van der Waals surface area contributed by atoms with Crippen molar-refractivity contribution in [2.24, 2.45) is 16.8 Å². The highest BCUT2D eigenvalue weighted by Crippen LogP contribution is 2.29. The summed E-state index contributed by atoms with van der Waals surface area (Å²) < 4.78 is 0. The molecular weight excluding hydrogens is 415 g/mol. The molecule has 0 bridgehead atoms. The molecule has 24 heavy (non-hydrogen) atoms. The number of amides is 1. The topological polar surface area (TPSA) is 56.7 Å². The zero-order valence-electron chi connectivity index (χ0n) is 15.5. The minimum Gasteiger partial charge on any atom is -0.357 e. The van der Waals surface area contributed by atoms with Gasteiger partial charge in [-0.1, -0.05) is 13.8 Å². The average Bonchev–Trinajstić information content (AvgIpc) is 3.07. The van der Waals surface area contributed by atoms with Crippen LogP contribution in [0.1, 0.15) is 59.3 Å². The van der Waals surface area contributed by atoms with Crippen LogP contribution >= 0.6 is 24.0 Å². The molecule has 0 radical (unpaired) electrons. The minimum atomic E-state index is 0. The molecule has 6 heteroatoms. The van der Waals surface area contributed by atoms with Crippen molar-refractivity contribution in [2.75, 3.05) is 26.2 Å². The zero-order chi connectivity index (χ0) is 16.7. The molecular formula is C18H35IN4O. The number of hydrogen-bond donors (Lipinski definition) is 2. The van der Waals surface area contributed by atoms with Gasteiger partial charge in [0.15, 0.2) is 5.96 Å². The summed E-state index contributed by atoms with van der Waals surface area (Å²) in [6.45, 7) is 9.60. The van der Waals surface area contributed by atoms with Crippen LogP contribution in [0.5, 0.6) is 0 Å². The summed E-state index contributed by atoms with van der Waals surface area (Å²) in [6.07, 6.45) is 7.25. The molecule has 1 aliphatic heterocycles. The normalized spacial score (nSPS) is 24.7. The SMILES string of the molecule is CCNC(=NCC(=O)N1CCCC1)NC1CCC(C(C)C)CC1.I. The van der Waals surface area contributed by atoms with Gasteiger partial charge in [0, 0.05) is 25.7 Å². The molecule has 0 aromatic rings. The highest BCUT2D eigenvalue weighted by atomic mass is 127. The third kappa shape index (κ3) is 6.76. The second-order valence-electron chi connectivity index (χ2n) is 7.28. The largest absolute Gasteiger partial charge is 0.357 e. The first-order valence-corrected chi connectivity index (χ1v) is 9.42. The molecule has 1 saturated heterocycles. The fourth-order valence-electron chi connectivity index (χ4n) is 3.66. The summed E-state index contributed by atoms with van der Waals surface area (Å²) in [5.74, 6) is 2.61. The van der Waals surface area contributed by atoms with E-state index in [0.29, 0.717) is 6.04 Å². The van der Waals surface area contributed by atoms with Crippen LogP contribution in [0, 0.1) is 11.8 Å². The number of rotatable bonds is 5. The lowest BCUT2D eigenvalue weighted by Gasteiger charge is -2.32. The van der Waals surface area contributed by atoms with Gasteiger partial charge in [-0.15, -0.1) is 24.0 Å². The van der Waals surface area contributed by atoms with Crippen LogP contribution < -0.4 is 10.6 Å². The van der Waals surface area contributed by atoms with Gasteiger partial charge in [0.25, 0.3) is 0 Å². The number of aliphatic imine (C=N–C) groups is 1. The highest BCUT2D eigenvalue weighted by molar-refractivity contribution is 14.0. The number of halogens is 1. The van der Waals surface area contributed by atoms with Gasteiger partial charge in [0.1, 0.15) is 6.54 Å². The van der Waals surface area contributed by atoms with Crippen LogP contribution in [0.2, 0.25) is 0 Å². The number of carbonyl (C=O) groups excluding carboxylic acids is 1. The molecule has 0 spiro atoms. The number of nitrogens with one attached hydrogen (secondary N) is 2. The van der Waals surface area contributed by atoms with E-state index in [1.165, 1.54) is 25.7 Å². The molecule has 1 saturated carbocycles. The molecule has 2 rings (SSSR count). The standard InChI is InChI=1S/C18H34N4O.HI/c1-4-19-18(20-13-17(23)22-11-5-6-12-22)21-16-9-7-15(8-10-16)14(2)3;/h14-16H,4-13H2,1-3H3,(H2,19,20,21);1H. The van der Waals surface area contributed by atoms with Gasteiger partial charge in [0.2, 0.25) is 5.91 Å². The number of hydrogen-bond acceptors (Lipinski definition) is 2. The lowest BCUT2D eigenvalue weighted by molar-refractivity contribution is -0.128. The fourth-order valence-corrected chi connectivity index (χ4v) is 3.66. The van der Waals surface area contributed by atoms with Gasteiger partial charge in [-0.2, -0.15) is 0 Å². The van der Waals surface area contributed by atoms with E-state index in [0.717, 1.165) is 50.3 Å². The Balaban J connectivity index is 0.00000288. The van der Waals surface area contributed by atoms with E-state index in [2.05, 4.69) is 36.4 Å². The van der Waals surface area contributed by atoms with Crippen LogP contribution in [0.25, 0.3) is 0 Å². The van der Waals surface area contributed by atoms with Gasteiger partial charge in [-0.05, 0) is 57.3 Å². The average molecular weight is 450 g/mol. The summed E-state index contributed by atoms with van der Waals surface area (Å²) in [5, 5.41) is 6.81. The van der Waals surface area contributed by atoms with Crippen molar-refractivity contribution in [1.82, 2.24) is 15.5 Å². The summed E-state index contributed by atoms with van der Waals surface area (Å²) in [4.78, 5) is 18.6. The first-order chi connectivity index (χ1) is 11.1. The summed E-state index contributed by atoms with van der Waals surface area (Å²) in [7, 11) is 0. The van der Waals surface area contributed by atoms with Crippen LogP contribution in [-0.4, -0.2) is 49.0 Å². The second kappa shape index (κ2) is 11.2. The molecule has 0 atom stereocenters. The first-order valence-electron chi connectivity index (χ1n) is 9.42. The fraction of sp³-hybridized carbons (Fsp3) is 0.889. The second-order valence-corrected chi connectivity index (χ2v) is 7.28. The molecule has 0 aromatic heterocycles. The van der Waals surface area contributed by atoms with Crippen LogP contribution in [-0.2, 0) is 4.79 Å². The van der Waals surface area contributed by atoms with Gasteiger partial charge in [-0.25, -0.2) is 4.99 Å². The Morgan fingerprint density at radius 3 is 2.33 bits per heavy atom. The number of likely N-dealkylation sites (tertiary alicyclic amines) is 1. The lowest BCUT2D eigenvalue weighted by atomic mass is 9.80. The predicted octanol–water partition coefficient (Wildman–Crippen LogP) is 3.00. The molecule has 1 heterocycles. The van der Waals surface area contributed by atoms with Crippen LogP contribution in [0.4, 0.5) is 0 Å². The first kappa shape index (κ1) is 21.5. The van der Waals surface area contributed by atoms with Crippen molar-refractivity contribution in [2.45, 2.75) is 65.3 Å². The van der Waals surface area contributed by atoms with E-state index < -0.39 is 0 Å². The van der Waals surface area contributed by atoms with E-state index in [4.69, 9.17) is 0 Å². The summed E-state index contributed by atoms with van der Waals surface area (Å²) in [6, 6.07) is 0.490. The van der Waals surface area contributed by atoms with Gasteiger partial charge in [0.05, 0.1) is 0 Å². The molecule has 0 unspecified atom stereocenters. The van der Waals surface area contributed by atoms with Gasteiger partial charge < -0.3 is 15.5 Å². The maximum absolute atomic E-state index is 12.1. The maximum Gasteiger partial charge on any atom is 0.244 e. The third-order valence-corrected chi connectivity index (χ3v) is 5.23. The van der Waals surface area contributed by atoms with Crippen molar-refractivity contribution >= 4 is 35.8 Å². The van der Waals surface area contributed by atoms with Crippen molar-refractivity contribution in [3.8, 4) is 0 Å². The Morgan fingerprint density at radius 1 is 1.17 bits per heavy atom. The van der Waals surface area contributed by atoms with E-state index in [-0.39, 0.29) is 36.4 Å². The zero-order valence-corrected chi connectivity index (χ0v) is 17.8. The van der Waals surface area contributed by atoms with E-state index in [1.54, 1.807) is 0 Å². The minimum absolute atomic E-state index is 0. The molecule has 1 aliphatic carbocycles. The Bertz CT molecular complexity index is 400. The predicted molar refractivity (Wildman–Crippen MR) is 111 cm³/mol. The molecule has 0 aromatic carbocycles. The van der Waals surface area contributed by atoms with Crippen LogP contribution in [0.3, 0.4) is 0 Å². The molecule has 5 nitrogen and oxygen atoms in total. The van der Waals surface area contributed by atoms with Crippen molar-refractivity contribution in [1.29, 1.82) is 0 Å². The van der Waals surface area contributed by atoms with E-state index >= 15 is 0 Å². The maximum atomic E-state index is 12.1. The van der Waals surface area contributed by atoms with Crippen molar-refractivity contribution in [3.63, 3.8) is 0 Å². The Kier molecular flexibility index (Phi) is 10.0. The number of nitrogens with zero attached hydrogens (tertiary/aromatic N) is 2. The van der Waals surface area contributed by atoms with Crippen molar-refractivity contribution < 1.29 is 4.79 Å². The molecule has 2 aliphatic rings. The molecule has 2 N–H and O–H groups in total. The summed E-state index contributed by atoms with van der Waals surface area (Å²) in [5.41, 5.74) is 0. The number of guanidine groups is 1. The van der Waals surface area contributed by atoms with E-state index in [9.17, 15) is 4.79 Å². The number of carbonyl (C=O) groups is 1.